The number of anilines is 1. The zero-order valence-corrected chi connectivity index (χ0v) is 18.8. The van der Waals surface area contributed by atoms with Gasteiger partial charge in [-0.2, -0.15) is 4.31 Å². The van der Waals surface area contributed by atoms with Crippen molar-refractivity contribution in [3.8, 4) is 11.3 Å². The van der Waals surface area contributed by atoms with Crippen LogP contribution < -0.4 is 5.32 Å². The zero-order valence-electron chi connectivity index (χ0n) is 18.0. The van der Waals surface area contributed by atoms with Gasteiger partial charge in [0.2, 0.25) is 10.0 Å². The van der Waals surface area contributed by atoms with Crippen LogP contribution in [-0.2, 0) is 19.6 Å². The quantitative estimate of drug-likeness (QED) is 0.528. The van der Waals surface area contributed by atoms with E-state index in [1.165, 1.54) is 28.6 Å². The number of esters is 1. The maximum Gasteiger partial charge on any atom is 0.344 e. The Hall–Kier alpha value is -3.50. The fraction of sp³-hybridized carbons (Fsp3) is 0.261. The van der Waals surface area contributed by atoms with Crippen LogP contribution in [0.3, 0.4) is 0 Å². The molecule has 0 radical (unpaired) electrons. The van der Waals surface area contributed by atoms with E-state index >= 15 is 0 Å². The van der Waals surface area contributed by atoms with Gasteiger partial charge in [0.25, 0.3) is 5.91 Å². The molecule has 172 valence electrons. The lowest BCUT2D eigenvalue weighted by Gasteiger charge is -2.15. The summed E-state index contributed by atoms with van der Waals surface area (Å²) in [5, 5.41) is 6.52. The van der Waals surface area contributed by atoms with Crippen LogP contribution in [-0.4, -0.2) is 49.5 Å². The van der Waals surface area contributed by atoms with Crippen LogP contribution in [0.4, 0.5) is 5.69 Å². The van der Waals surface area contributed by atoms with Crippen LogP contribution in [0.2, 0.25) is 0 Å². The van der Waals surface area contributed by atoms with Crippen molar-refractivity contribution in [2.45, 2.75) is 24.7 Å². The lowest BCUT2D eigenvalue weighted by molar-refractivity contribution is -0.119. The number of carbonyl (C=O) groups is 2. The number of hydrogen-bond acceptors (Lipinski definition) is 7. The second kappa shape index (κ2) is 9.55. The molecule has 2 aromatic carbocycles. The number of ether oxygens (including phenoxy) is 1. The van der Waals surface area contributed by atoms with E-state index in [9.17, 15) is 18.0 Å². The highest BCUT2D eigenvalue weighted by Gasteiger charge is 2.27. The lowest BCUT2D eigenvalue weighted by Crippen LogP contribution is -2.27. The predicted octanol–water partition coefficient (Wildman–Crippen LogP) is 3.23. The minimum absolute atomic E-state index is 0.158. The van der Waals surface area contributed by atoms with Crippen molar-refractivity contribution in [3.05, 3.63) is 65.9 Å². The first-order valence-corrected chi connectivity index (χ1v) is 11.9. The van der Waals surface area contributed by atoms with Crippen molar-refractivity contribution in [1.82, 2.24) is 9.46 Å². The van der Waals surface area contributed by atoms with Crippen molar-refractivity contribution >= 4 is 27.6 Å². The summed E-state index contributed by atoms with van der Waals surface area (Å²) >= 11 is 0. The van der Waals surface area contributed by atoms with E-state index in [1.807, 2.05) is 18.2 Å². The molecule has 1 saturated heterocycles. The highest BCUT2D eigenvalue weighted by Crippen LogP contribution is 2.26. The van der Waals surface area contributed by atoms with Gasteiger partial charge in [-0.3, -0.25) is 4.79 Å². The third-order valence-corrected chi connectivity index (χ3v) is 7.20. The molecule has 1 aliphatic heterocycles. The molecule has 1 N–H and O–H groups in total. The molecule has 0 aliphatic carbocycles. The number of nitrogens with zero attached hydrogens (tertiary/aromatic N) is 2. The third-order valence-electron chi connectivity index (χ3n) is 5.29. The number of sulfonamides is 1. The predicted molar refractivity (Wildman–Crippen MR) is 120 cm³/mol. The van der Waals surface area contributed by atoms with Crippen LogP contribution in [0, 0.1) is 6.92 Å². The van der Waals surface area contributed by atoms with Gasteiger partial charge in [0.15, 0.2) is 6.61 Å². The van der Waals surface area contributed by atoms with Gasteiger partial charge < -0.3 is 14.6 Å². The van der Waals surface area contributed by atoms with Gasteiger partial charge in [-0.05, 0) is 44.0 Å². The maximum absolute atomic E-state index is 12.6. The summed E-state index contributed by atoms with van der Waals surface area (Å²) in [6.45, 7) is 2.10. The van der Waals surface area contributed by atoms with E-state index in [0.717, 1.165) is 12.8 Å². The van der Waals surface area contributed by atoms with Gasteiger partial charge in [-0.25, -0.2) is 13.2 Å². The van der Waals surface area contributed by atoms with Gasteiger partial charge in [0.1, 0.15) is 17.0 Å². The lowest BCUT2D eigenvalue weighted by atomic mass is 10.1. The molecule has 9 nitrogen and oxygen atoms in total. The number of aryl methyl sites for hydroxylation is 1. The van der Waals surface area contributed by atoms with Crippen LogP contribution >= 0.6 is 0 Å². The molecule has 0 saturated carbocycles. The maximum atomic E-state index is 12.6. The smallest absolute Gasteiger partial charge is 0.344 e. The van der Waals surface area contributed by atoms with E-state index in [0.29, 0.717) is 30.0 Å². The molecular formula is C23H23N3O6S. The SMILES string of the molecule is Cc1onc(-c2ccccc2)c1C(=O)OCC(=O)Nc1ccc(S(=O)(=O)N2CCCC2)cc1. The molecule has 10 heteroatoms. The Balaban J connectivity index is 1.37. The highest BCUT2D eigenvalue weighted by molar-refractivity contribution is 7.89. The van der Waals surface area contributed by atoms with Crippen LogP contribution in [0.5, 0.6) is 0 Å². The van der Waals surface area contributed by atoms with E-state index in [2.05, 4.69) is 10.5 Å². The average molecular weight is 470 g/mol. The Kier molecular flexibility index (Phi) is 6.57. The summed E-state index contributed by atoms with van der Waals surface area (Å²) in [4.78, 5) is 25.0. The largest absolute Gasteiger partial charge is 0.452 e. The monoisotopic (exact) mass is 469 g/mol. The van der Waals surface area contributed by atoms with Crippen molar-refractivity contribution in [2.24, 2.45) is 0 Å². The Morgan fingerprint density at radius 3 is 2.39 bits per heavy atom. The summed E-state index contributed by atoms with van der Waals surface area (Å²) in [5.74, 6) is -1.00. The number of rotatable bonds is 7. The van der Waals surface area contributed by atoms with E-state index in [1.54, 1.807) is 19.1 Å². The molecule has 33 heavy (non-hydrogen) atoms. The van der Waals surface area contributed by atoms with Gasteiger partial charge in [0.05, 0.1) is 4.90 Å². The minimum Gasteiger partial charge on any atom is -0.452 e. The van der Waals surface area contributed by atoms with Crippen molar-refractivity contribution in [2.75, 3.05) is 25.0 Å². The number of aromatic nitrogens is 1. The molecular weight excluding hydrogens is 446 g/mol. The van der Waals surface area contributed by atoms with Gasteiger partial charge in [-0.1, -0.05) is 35.5 Å². The molecule has 0 unspecified atom stereocenters. The molecule has 1 amide bonds. The second-order valence-electron chi connectivity index (χ2n) is 7.59. The summed E-state index contributed by atoms with van der Waals surface area (Å²) in [7, 11) is -3.53. The van der Waals surface area contributed by atoms with Crippen LogP contribution in [0.25, 0.3) is 11.3 Å². The van der Waals surface area contributed by atoms with E-state index in [-0.39, 0.29) is 16.2 Å². The normalized spacial score (nSPS) is 14.2. The molecule has 4 rings (SSSR count). The second-order valence-corrected chi connectivity index (χ2v) is 9.53. The number of carbonyl (C=O) groups excluding carboxylic acids is 2. The molecule has 0 bridgehead atoms. The summed E-state index contributed by atoms with van der Waals surface area (Å²) in [6, 6.07) is 14.9. The van der Waals surface area contributed by atoms with E-state index < -0.39 is 28.5 Å². The molecule has 1 fully saturated rings. The standard InChI is InChI=1S/C23H23N3O6S/c1-16-21(22(25-32-16)17-7-3-2-4-8-17)23(28)31-15-20(27)24-18-9-11-19(12-10-18)33(29,30)26-13-5-6-14-26/h2-4,7-12H,5-6,13-15H2,1H3,(H,24,27). The Labute approximate surface area is 191 Å². The average Bonchev–Trinajstić information content (AvgIpc) is 3.49. The highest BCUT2D eigenvalue weighted by atomic mass is 32.2. The Morgan fingerprint density at radius 2 is 1.73 bits per heavy atom. The first kappa shape index (κ1) is 22.7. The number of benzene rings is 2. The molecule has 1 aromatic heterocycles. The zero-order chi connectivity index (χ0) is 23.4. The first-order chi connectivity index (χ1) is 15.9. The summed E-state index contributed by atoms with van der Waals surface area (Å²) in [5.41, 5.74) is 1.58. The molecule has 0 spiro atoms. The molecule has 3 aromatic rings. The van der Waals surface area contributed by atoms with Crippen molar-refractivity contribution in [1.29, 1.82) is 0 Å². The van der Waals surface area contributed by atoms with Crippen LogP contribution in [0.15, 0.2) is 64.0 Å². The molecule has 0 atom stereocenters. The third kappa shape index (κ3) is 4.96. The fourth-order valence-corrected chi connectivity index (χ4v) is 5.11. The van der Waals surface area contributed by atoms with Crippen molar-refractivity contribution in [3.63, 3.8) is 0 Å². The molecule has 1 aliphatic rings. The Morgan fingerprint density at radius 1 is 1.06 bits per heavy atom. The number of hydrogen-bond donors (Lipinski definition) is 1. The fourth-order valence-electron chi connectivity index (χ4n) is 3.59. The molecule has 2 heterocycles. The van der Waals surface area contributed by atoms with Gasteiger partial charge in [0, 0.05) is 24.3 Å². The Bertz CT molecular complexity index is 1250. The number of amides is 1. The van der Waals surface area contributed by atoms with Crippen LogP contribution in [0.1, 0.15) is 29.0 Å². The van der Waals surface area contributed by atoms with E-state index in [4.69, 9.17) is 9.26 Å². The van der Waals surface area contributed by atoms with Crippen molar-refractivity contribution < 1.29 is 27.3 Å². The topological polar surface area (TPSA) is 119 Å². The van der Waals surface area contributed by atoms with Gasteiger partial charge >= 0.3 is 5.97 Å². The summed E-state index contributed by atoms with van der Waals surface area (Å²) < 4.78 is 36.9. The minimum atomic E-state index is -3.53. The number of nitrogens with one attached hydrogen (secondary N) is 1. The summed E-state index contributed by atoms with van der Waals surface area (Å²) in [6.07, 6.45) is 1.71. The first-order valence-electron chi connectivity index (χ1n) is 10.4. The van der Waals surface area contributed by atoms with Gasteiger partial charge in [-0.15, -0.1) is 0 Å².